The Bertz CT molecular complexity index is 816. The standard InChI is InChI=1S/C23H27N3O/c1-18-17-19(2)26(25-18)16-14-23(27)24-15-13-22(20-9-5-3-6-10-20)21-11-7-4-8-12-21/h3-12,17,22H,13-16H2,1-2H3,(H,24,27). The zero-order valence-electron chi connectivity index (χ0n) is 16.1. The van der Waals surface area contributed by atoms with E-state index < -0.39 is 0 Å². The third kappa shape index (κ3) is 5.30. The molecule has 1 heterocycles. The summed E-state index contributed by atoms with van der Waals surface area (Å²) in [5.74, 6) is 0.353. The second-order valence-electron chi connectivity index (χ2n) is 6.91. The number of hydrogen-bond acceptors (Lipinski definition) is 2. The lowest BCUT2D eigenvalue weighted by atomic mass is 9.88. The van der Waals surface area contributed by atoms with Crippen molar-refractivity contribution in [3.8, 4) is 0 Å². The molecule has 2 aromatic carbocycles. The lowest BCUT2D eigenvalue weighted by Gasteiger charge is -2.18. The SMILES string of the molecule is Cc1cc(C)n(CCC(=O)NCCC(c2ccccc2)c2ccccc2)n1. The molecule has 3 rings (SSSR count). The maximum Gasteiger partial charge on any atom is 0.221 e. The maximum absolute atomic E-state index is 12.2. The van der Waals surface area contributed by atoms with Crippen molar-refractivity contribution in [3.63, 3.8) is 0 Å². The number of carbonyl (C=O) groups is 1. The van der Waals surface area contributed by atoms with Crippen LogP contribution in [-0.4, -0.2) is 22.2 Å². The zero-order chi connectivity index (χ0) is 19.1. The van der Waals surface area contributed by atoms with Gasteiger partial charge in [-0.15, -0.1) is 0 Å². The molecule has 1 N–H and O–H groups in total. The Kier molecular flexibility index (Phi) is 6.42. The number of aromatic nitrogens is 2. The third-order valence-corrected chi connectivity index (χ3v) is 4.81. The first-order chi connectivity index (χ1) is 13.1. The van der Waals surface area contributed by atoms with Crippen molar-refractivity contribution in [2.75, 3.05) is 6.54 Å². The van der Waals surface area contributed by atoms with Crippen molar-refractivity contribution < 1.29 is 4.79 Å². The van der Waals surface area contributed by atoms with Crippen molar-refractivity contribution in [1.29, 1.82) is 0 Å². The van der Waals surface area contributed by atoms with Crippen LogP contribution < -0.4 is 5.32 Å². The number of carbonyl (C=O) groups excluding carboxylic acids is 1. The lowest BCUT2D eigenvalue weighted by Crippen LogP contribution is -2.27. The van der Waals surface area contributed by atoms with Gasteiger partial charge in [0.05, 0.1) is 5.69 Å². The molecule has 0 spiro atoms. The summed E-state index contributed by atoms with van der Waals surface area (Å²) in [7, 11) is 0. The molecule has 1 aromatic heterocycles. The Hall–Kier alpha value is -2.88. The van der Waals surface area contributed by atoms with E-state index in [1.807, 2.05) is 36.7 Å². The highest BCUT2D eigenvalue weighted by Gasteiger charge is 2.14. The zero-order valence-corrected chi connectivity index (χ0v) is 16.1. The van der Waals surface area contributed by atoms with Crippen LogP contribution in [-0.2, 0) is 11.3 Å². The summed E-state index contributed by atoms with van der Waals surface area (Å²) in [4.78, 5) is 12.2. The Morgan fingerprint density at radius 3 is 2.11 bits per heavy atom. The minimum absolute atomic E-state index is 0.0717. The minimum Gasteiger partial charge on any atom is -0.356 e. The number of benzene rings is 2. The average Bonchev–Trinajstić information content (AvgIpc) is 3.02. The quantitative estimate of drug-likeness (QED) is 0.653. The number of amides is 1. The van der Waals surface area contributed by atoms with E-state index in [4.69, 9.17) is 0 Å². The van der Waals surface area contributed by atoms with Crippen LogP contribution in [0.25, 0.3) is 0 Å². The molecule has 0 fully saturated rings. The van der Waals surface area contributed by atoms with Gasteiger partial charge in [-0.1, -0.05) is 60.7 Å². The molecule has 0 saturated carbocycles. The Morgan fingerprint density at radius 1 is 1.00 bits per heavy atom. The molecular weight excluding hydrogens is 334 g/mol. The van der Waals surface area contributed by atoms with Gasteiger partial charge < -0.3 is 5.32 Å². The second-order valence-corrected chi connectivity index (χ2v) is 6.91. The number of aryl methyl sites for hydroxylation is 3. The van der Waals surface area contributed by atoms with Gasteiger partial charge in [-0.05, 0) is 37.5 Å². The summed E-state index contributed by atoms with van der Waals surface area (Å²) >= 11 is 0. The van der Waals surface area contributed by atoms with E-state index in [0.29, 0.717) is 19.5 Å². The van der Waals surface area contributed by atoms with Gasteiger partial charge in [0.2, 0.25) is 5.91 Å². The molecule has 4 nitrogen and oxygen atoms in total. The molecular formula is C23H27N3O. The maximum atomic E-state index is 12.2. The van der Waals surface area contributed by atoms with Crippen molar-refractivity contribution in [3.05, 3.63) is 89.2 Å². The predicted octanol–water partition coefficient (Wildman–Crippen LogP) is 4.23. The highest BCUT2D eigenvalue weighted by Crippen LogP contribution is 2.27. The summed E-state index contributed by atoms with van der Waals surface area (Å²) in [5, 5.41) is 7.48. The molecule has 0 saturated heterocycles. The predicted molar refractivity (Wildman–Crippen MR) is 109 cm³/mol. The summed E-state index contributed by atoms with van der Waals surface area (Å²) in [6.07, 6.45) is 1.32. The van der Waals surface area contributed by atoms with Gasteiger partial charge in [0, 0.05) is 31.1 Å². The number of rotatable bonds is 8. The summed E-state index contributed by atoms with van der Waals surface area (Å²) in [6, 6.07) is 23.0. The minimum atomic E-state index is 0.0717. The van der Waals surface area contributed by atoms with Crippen LogP contribution in [0, 0.1) is 13.8 Å². The van der Waals surface area contributed by atoms with Gasteiger partial charge in [0.15, 0.2) is 0 Å². The largest absolute Gasteiger partial charge is 0.356 e. The van der Waals surface area contributed by atoms with Gasteiger partial charge in [-0.2, -0.15) is 5.10 Å². The van der Waals surface area contributed by atoms with Crippen LogP contribution >= 0.6 is 0 Å². The average molecular weight is 361 g/mol. The molecule has 27 heavy (non-hydrogen) atoms. The number of nitrogens with one attached hydrogen (secondary N) is 1. The molecule has 0 aliphatic carbocycles. The topological polar surface area (TPSA) is 46.9 Å². The van der Waals surface area contributed by atoms with E-state index in [2.05, 4.69) is 58.9 Å². The van der Waals surface area contributed by atoms with Gasteiger partial charge in [0.25, 0.3) is 0 Å². The molecule has 4 heteroatoms. The van der Waals surface area contributed by atoms with E-state index in [1.165, 1.54) is 11.1 Å². The second kappa shape index (κ2) is 9.17. The van der Waals surface area contributed by atoms with E-state index in [9.17, 15) is 4.79 Å². The highest BCUT2D eigenvalue weighted by atomic mass is 16.1. The van der Waals surface area contributed by atoms with Crippen LogP contribution in [0.5, 0.6) is 0 Å². The summed E-state index contributed by atoms with van der Waals surface area (Å²) < 4.78 is 1.89. The van der Waals surface area contributed by atoms with Crippen molar-refractivity contribution in [2.24, 2.45) is 0 Å². The smallest absolute Gasteiger partial charge is 0.221 e. The molecule has 0 radical (unpaired) electrons. The van der Waals surface area contributed by atoms with E-state index in [0.717, 1.165) is 17.8 Å². The summed E-state index contributed by atoms with van der Waals surface area (Å²) in [5.41, 5.74) is 4.64. The molecule has 0 unspecified atom stereocenters. The molecule has 1 amide bonds. The molecule has 140 valence electrons. The Labute approximate surface area is 161 Å². The van der Waals surface area contributed by atoms with Crippen LogP contribution in [0.2, 0.25) is 0 Å². The van der Waals surface area contributed by atoms with Gasteiger partial charge in [-0.25, -0.2) is 0 Å². The lowest BCUT2D eigenvalue weighted by molar-refractivity contribution is -0.121. The molecule has 0 aliphatic rings. The van der Waals surface area contributed by atoms with Gasteiger partial charge in [-0.3, -0.25) is 9.48 Å². The monoisotopic (exact) mass is 361 g/mol. The molecule has 3 aromatic rings. The first-order valence-corrected chi connectivity index (χ1v) is 9.51. The first-order valence-electron chi connectivity index (χ1n) is 9.51. The van der Waals surface area contributed by atoms with Gasteiger partial charge >= 0.3 is 0 Å². The molecule has 0 bridgehead atoms. The fraction of sp³-hybridized carbons (Fsp3) is 0.304. The number of hydrogen-bond donors (Lipinski definition) is 1. The van der Waals surface area contributed by atoms with Gasteiger partial charge in [0.1, 0.15) is 0 Å². The van der Waals surface area contributed by atoms with Crippen LogP contribution in [0.4, 0.5) is 0 Å². The fourth-order valence-electron chi connectivity index (χ4n) is 3.45. The Morgan fingerprint density at radius 2 is 1.59 bits per heavy atom. The van der Waals surface area contributed by atoms with Crippen LogP contribution in [0.15, 0.2) is 66.7 Å². The molecule has 0 aliphatic heterocycles. The first kappa shape index (κ1) is 18.9. The normalized spacial score (nSPS) is 10.9. The third-order valence-electron chi connectivity index (χ3n) is 4.81. The Balaban J connectivity index is 1.54. The fourth-order valence-corrected chi connectivity index (χ4v) is 3.45. The van der Waals surface area contributed by atoms with Crippen LogP contribution in [0.3, 0.4) is 0 Å². The summed E-state index contributed by atoms with van der Waals surface area (Å²) in [6.45, 7) is 5.26. The van der Waals surface area contributed by atoms with Crippen molar-refractivity contribution in [2.45, 2.75) is 39.2 Å². The van der Waals surface area contributed by atoms with Crippen molar-refractivity contribution >= 4 is 5.91 Å². The van der Waals surface area contributed by atoms with E-state index in [1.54, 1.807) is 0 Å². The molecule has 0 atom stereocenters. The highest BCUT2D eigenvalue weighted by molar-refractivity contribution is 5.75. The van der Waals surface area contributed by atoms with Crippen LogP contribution in [0.1, 0.15) is 41.3 Å². The van der Waals surface area contributed by atoms with Crippen molar-refractivity contribution in [1.82, 2.24) is 15.1 Å². The van der Waals surface area contributed by atoms with E-state index >= 15 is 0 Å². The number of nitrogens with zero attached hydrogens (tertiary/aromatic N) is 2. The van der Waals surface area contributed by atoms with E-state index in [-0.39, 0.29) is 11.8 Å².